The van der Waals surface area contributed by atoms with Gasteiger partial charge in [-0.1, -0.05) is 37.9 Å². The van der Waals surface area contributed by atoms with Gasteiger partial charge < -0.3 is 9.47 Å². The molecule has 0 amide bonds. The maximum Gasteiger partial charge on any atom is 0.338 e. The second-order valence-corrected chi connectivity index (χ2v) is 5.52. The Hall–Kier alpha value is -0.880. The Balaban J connectivity index is 2.60. The third-order valence-electron chi connectivity index (χ3n) is 2.36. The molecule has 20 heavy (non-hydrogen) atoms. The number of hydrogen-bond acceptors (Lipinski definition) is 4. The van der Waals surface area contributed by atoms with Crippen LogP contribution in [0.4, 0.5) is 0 Å². The predicted molar refractivity (Wildman–Crippen MR) is 83.8 cm³/mol. The Labute approximate surface area is 135 Å². The molecule has 6 heteroatoms. The molecular formula is C14H16Br2O4. The van der Waals surface area contributed by atoms with E-state index in [1.54, 1.807) is 18.2 Å². The van der Waals surface area contributed by atoms with Crippen molar-refractivity contribution in [2.45, 2.75) is 12.8 Å². The van der Waals surface area contributed by atoms with Gasteiger partial charge in [-0.15, -0.1) is 0 Å². The van der Waals surface area contributed by atoms with Crippen molar-refractivity contribution in [1.29, 1.82) is 0 Å². The van der Waals surface area contributed by atoms with E-state index in [2.05, 4.69) is 31.9 Å². The molecule has 1 rings (SSSR count). The molecule has 0 fully saturated rings. The van der Waals surface area contributed by atoms with Crippen molar-refractivity contribution in [3.8, 4) is 0 Å². The van der Waals surface area contributed by atoms with E-state index in [1.807, 2.05) is 0 Å². The summed E-state index contributed by atoms with van der Waals surface area (Å²) in [5.74, 6) is -0.859. The third-order valence-corrected chi connectivity index (χ3v) is 3.48. The fourth-order valence-electron chi connectivity index (χ4n) is 1.38. The Bertz CT molecular complexity index is 411. The minimum Gasteiger partial charge on any atom is -0.462 e. The molecule has 4 nitrogen and oxygen atoms in total. The molecular weight excluding hydrogens is 392 g/mol. The monoisotopic (exact) mass is 406 g/mol. The lowest BCUT2D eigenvalue weighted by Gasteiger charge is -2.06. The number of rotatable bonds is 8. The van der Waals surface area contributed by atoms with Gasteiger partial charge in [0.25, 0.3) is 0 Å². The van der Waals surface area contributed by atoms with Crippen LogP contribution in [0.15, 0.2) is 24.3 Å². The summed E-state index contributed by atoms with van der Waals surface area (Å²) in [6, 6.07) is 6.37. The van der Waals surface area contributed by atoms with Gasteiger partial charge in [0.05, 0.1) is 24.3 Å². The zero-order valence-corrected chi connectivity index (χ0v) is 14.1. The van der Waals surface area contributed by atoms with E-state index in [1.165, 1.54) is 6.07 Å². The van der Waals surface area contributed by atoms with Gasteiger partial charge in [0.15, 0.2) is 0 Å². The Morgan fingerprint density at radius 1 is 0.900 bits per heavy atom. The molecule has 0 unspecified atom stereocenters. The highest BCUT2D eigenvalue weighted by Crippen LogP contribution is 2.09. The van der Waals surface area contributed by atoms with Crippen molar-refractivity contribution in [3.63, 3.8) is 0 Å². The summed E-state index contributed by atoms with van der Waals surface area (Å²) >= 11 is 6.52. The van der Waals surface area contributed by atoms with Gasteiger partial charge in [0.2, 0.25) is 0 Å². The number of carbonyl (C=O) groups excluding carboxylic acids is 2. The molecule has 0 saturated carbocycles. The second-order valence-electron chi connectivity index (χ2n) is 3.94. The first kappa shape index (κ1) is 17.2. The first-order chi connectivity index (χ1) is 9.69. The highest BCUT2D eigenvalue weighted by atomic mass is 79.9. The SMILES string of the molecule is O=C(OCCCBr)c1cccc(C(=O)OCCCBr)c1. The standard InChI is InChI=1S/C14H16Br2O4/c15-6-2-8-19-13(17)11-4-1-5-12(10-11)14(18)20-9-3-7-16/h1,4-5,10H,2-3,6-9H2. The number of carbonyl (C=O) groups is 2. The van der Waals surface area contributed by atoms with Crippen LogP contribution in [0.3, 0.4) is 0 Å². The van der Waals surface area contributed by atoms with Crippen molar-refractivity contribution in [1.82, 2.24) is 0 Å². The summed E-state index contributed by atoms with van der Waals surface area (Å²) in [4.78, 5) is 23.5. The van der Waals surface area contributed by atoms with Gasteiger partial charge in [-0.25, -0.2) is 9.59 Å². The maximum atomic E-state index is 11.8. The van der Waals surface area contributed by atoms with Crippen molar-refractivity contribution in [2.24, 2.45) is 0 Å². The molecule has 0 heterocycles. The van der Waals surface area contributed by atoms with Crippen LogP contribution < -0.4 is 0 Å². The van der Waals surface area contributed by atoms with E-state index in [4.69, 9.17) is 9.47 Å². The largest absolute Gasteiger partial charge is 0.462 e. The van der Waals surface area contributed by atoms with Gasteiger partial charge in [0, 0.05) is 10.7 Å². The van der Waals surface area contributed by atoms with E-state index in [9.17, 15) is 9.59 Å². The second kappa shape index (κ2) is 9.94. The number of esters is 2. The van der Waals surface area contributed by atoms with E-state index in [0.29, 0.717) is 24.3 Å². The molecule has 0 aliphatic heterocycles. The summed E-state index contributed by atoms with van der Waals surface area (Å²) in [6.45, 7) is 0.702. The first-order valence-corrected chi connectivity index (χ1v) is 8.49. The number of ether oxygens (including phenoxy) is 2. The van der Waals surface area contributed by atoms with E-state index >= 15 is 0 Å². The summed E-state index contributed by atoms with van der Waals surface area (Å²) in [6.07, 6.45) is 1.50. The van der Waals surface area contributed by atoms with E-state index in [0.717, 1.165) is 23.5 Å². The van der Waals surface area contributed by atoms with Gasteiger partial charge >= 0.3 is 11.9 Å². The summed E-state index contributed by atoms with van der Waals surface area (Å²) in [5.41, 5.74) is 0.712. The average molecular weight is 408 g/mol. The molecule has 0 atom stereocenters. The molecule has 1 aromatic carbocycles. The number of halogens is 2. The zero-order chi connectivity index (χ0) is 14.8. The van der Waals surface area contributed by atoms with Gasteiger partial charge in [0.1, 0.15) is 0 Å². The van der Waals surface area contributed by atoms with Crippen LogP contribution >= 0.6 is 31.9 Å². The van der Waals surface area contributed by atoms with Crippen molar-refractivity contribution >= 4 is 43.8 Å². The molecule has 0 bridgehead atoms. The zero-order valence-electron chi connectivity index (χ0n) is 10.9. The van der Waals surface area contributed by atoms with Crippen LogP contribution in [-0.2, 0) is 9.47 Å². The van der Waals surface area contributed by atoms with Crippen LogP contribution in [0.5, 0.6) is 0 Å². The highest BCUT2D eigenvalue weighted by Gasteiger charge is 2.12. The van der Waals surface area contributed by atoms with Gasteiger partial charge in [-0.3, -0.25) is 0 Å². The average Bonchev–Trinajstić information content (AvgIpc) is 2.47. The fourth-order valence-corrected chi connectivity index (χ4v) is 1.84. The number of benzene rings is 1. The fraction of sp³-hybridized carbons (Fsp3) is 0.429. The summed E-state index contributed by atoms with van der Waals surface area (Å²) in [5, 5.41) is 1.56. The van der Waals surface area contributed by atoms with E-state index in [-0.39, 0.29) is 0 Å². The molecule has 0 aliphatic carbocycles. The predicted octanol–water partition coefficient (Wildman–Crippen LogP) is 3.57. The number of hydrogen-bond donors (Lipinski definition) is 0. The van der Waals surface area contributed by atoms with Crippen LogP contribution in [0.25, 0.3) is 0 Å². The lowest BCUT2D eigenvalue weighted by Crippen LogP contribution is -2.10. The van der Waals surface area contributed by atoms with Gasteiger partial charge in [-0.2, -0.15) is 0 Å². The topological polar surface area (TPSA) is 52.6 Å². The lowest BCUT2D eigenvalue weighted by molar-refractivity contribution is 0.0505. The van der Waals surface area contributed by atoms with Gasteiger partial charge in [-0.05, 0) is 31.0 Å². The lowest BCUT2D eigenvalue weighted by atomic mass is 10.1. The Morgan fingerprint density at radius 3 is 1.75 bits per heavy atom. The minimum atomic E-state index is -0.430. The van der Waals surface area contributed by atoms with Crippen molar-refractivity contribution < 1.29 is 19.1 Å². The molecule has 1 aromatic rings. The smallest absolute Gasteiger partial charge is 0.338 e. The Kier molecular flexibility index (Phi) is 8.53. The minimum absolute atomic E-state index is 0.351. The quantitative estimate of drug-likeness (QED) is 0.375. The normalized spacial score (nSPS) is 10.1. The molecule has 0 aromatic heterocycles. The maximum absolute atomic E-state index is 11.8. The van der Waals surface area contributed by atoms with Crippen LogP contribution in [0.2, 0.25) is 0 Å². The molecule has 0 saturated heterocycles. The molecule has 0 spiro atoms. The van der Waals surface area contributed by atoms with Crippen LogP contribution in [0.1, 0.15) is 33.6 Å². The van der Waals surface area contributed by atoms with Crippen LogP contribution in [0, 0.1) is 0 Å². The molecule has 0 radical (unpaired) electrons. The van der Waals surface area contributed by atoms with Crippen LogP contribution in [-0.4, -0.2) is 35.8 Å². The summed E-state index contributed by atoms with van der Waals surface area (Å²) in [7, 11) is 0. The molecule has 0 N–H and O–H groups in total. The molecule has 0 aliphatic rings. The highest BCUT2D eigenvalue weighted by molar-refractivity contribution is 9.09. The number of alkyl halides is 2. The molecule has 110 valence electrons. The summed E-state index contributed by atoms with van der Waals surface area (Å²) < 4.78 is 10.1. The first-order valence-electron chi connectivity index (χ1n) is 6.25. The Morgan fingerprint density at radius 2 is 1.35 bits per heavy atom. The van der Waals surface area contributed by atoms with E-state index < -0.39 is 11.9 Å². The van der Waals surface area contributed by atoms with Crippen molar-refractivity contribution in [3.05, 3.63) is 35.4 Å². The third kappa shape index (κ3) is 6.05. The van der Waals surface area contributed by atoms with Crippen molar-refractivity contribution in [2.75, 3.05) is 23.9 Å².